The van der Waals surface area contributed by atoms with E-state index in [0.29, 0.717) is 66.1 Å². The number of methoxy groups -OCH3 is 1. The molecular formula is C39H48N8O5. The smallest absolute Gasteiger partial charge is 0.260 e. The molecule has 8 N–H and O–H groups in total. The molecule has 2 aliphatic heterocycles. The van der Waals surface area contributed by atoms with Crippen LogP contribution < -0.4 is 41.9 Å². The van der Waals surface area contributed by atoms with Gasteiger partial charge in [-0.25, -0.2) is 9.97 Å². The Balaban J connectivity index is 0.000000162. The highest BCUT2D eigenvalue weighted by molar-refractivity contribution is 5.78. The molecule has 2 aromatic carbocycles. The Labute approximate surface area is 304 Å². The van der Waals surface area contributed by atoms with Gasteiger partial charge in [0.05, 0.1) is 25.1 Å². The van der Waals surface area contributed by atoms with Gasteiger partial charge in [-0.15, -0.1) is 0 Å². The van der Waals surface area contributed by atoms with E-state index in [2.05, 4.69) is 14.9 Å². The van der Waals surface area contributed by atoms with E-state index in [1.54, 1.807) is 31.4 Å². The van der Waals surface area contributed by atoms with Gasteiger partial charge in [-0.1, -0.05) is 12.1 Å². The third-order valence-electron chi connectivity index (χ3n) is 10.5. The molecule has 4 aliphatic rings. The van der Waals surface area contributed by atoms with Crippen LogP contribution in [0.3, 0.4) is 0 Å². The molecule has 2 aromatic heterocycles. The Hall–Kier alpha value is -5.11. The van der Waals surface area contributed by atoms with Crippen LogP contribution in [0.2, 0.25) is 0 Å². The number of nitrogen functional groups attached to an aromatic ring is 2. The van der Waals surface area contributed by atoms with Crippen LogP contribution >= 0.6 is 0 Å². The molecule has 4 aromatic rings. The van der Waals surface area contributed by atoms with Crippen molar-refractivity contribution in [3.8, 4) is 45.5 Å². The lowest BCUT2D eigenvalue weighted by Crippen LogP contribution is -2.37. The van der Waals surface area contributed by atoms with E-state index >= 15 is 0 Å². The van der Waals surface area contributed by atoms with Crippen LogP contribution in [-0.2, 0) is 4.79 Å². The standard InChI is InChI=1S/C20H26N4O2.C19H22N4O3/c1-2-25-18-10-13(6-7-14(18)17-4-3-5-19(21)23-17)26-9-8-24-11-15-16(12-24)20(15)22;1-25-16-7-11(5-6-12(16)15-3-2-4-17(20)22-15)26-10-18(24)23-8-13-14(9-23)19(13)21/h3-7,10,15-16,20H,2,8-9,11-12,22H2,1H3,(H2,21,23);2-7,13-14,19H,8-10,21H2,1H3,(H2,20,22). The van der Waals surface area contributed by atoms with Gasteiger partial charge in [0.1, 0.15) is 41.2 Å². The Morgan fingerprint density at radius 1 is 0.731 bits per heavy atom. The summed E-state index contributed by atoms with van der Waals surface area (Å²) in [6.45, 7) is 7.86. The molecule has 4 heterocycles. The number of anilines is 2. The number of likely N-dealkylation sites (tertiary alicyclic amines) is 2. The number of aromatic nitrogens is 2. The molecule has 13 nitrogen and oxygen atoms in total. The molecule has 52 heavy (non-hydrogen) atoms. The molecule has 1 amide bonds. The van der Waals surface area contributed by atoms with Crippen LogP contribution in [0.4, 0.5) is 11.6 Å². The van der Waals surface area contributed by atoms with Gasteiger partial charge in [0.15, 0.2) is 6.61 Å². The molecular weight excluding hydrogens is 660 g/mol. The summed E-state index contributed by atoms with van der Waals surface area (Å²) in [7, 11) is 1.58. The first-order valence-electron chi connectivity index (χ1n) is 17.9. The minimum absolute atomic E-state index is 0.00765. The number of nitrogens with two attached hydrogens (primary N) is 4. The second-order valence-electron chi connectivity index (χ2n) is 13.9. The van der Waals surface area contributed by atoms with Crippen molar-refractivity contribution in [1.82, 2.24) is 19.8 Å². The molecule has 2 aliphatic carbocycles. The van der Waals surface area contributed by atoms with Gasteiger partial charge in [0, 0.05) is 68.1 Å². The van der Waals surface area contributed by atoms with E-state index in [-0.39, 0.29) is 18.6 Å². The number of rotatable bonds is 12. The lowest BCUT2D eigenvalue weighted by molar-refractivity contribution is -0.132. The second kappa shape index (κ2) is 15.2. The minimum atomic E-state index is -0.00931. The van der Waals surface area contributed by atoms with Crippen LogP contribution in [-0.4, -0.2) is 97.4 Å². The SMILES string of the molecule is CCOc1cc(OCCN2CC3C(N)C3C2)ccc1-c1cccc(N)n1.COc1cc(OCC(=O)N2CC3C(N)C3C2)ccc1-c1cccc(N)n1. The van der Waals surface area contributed by atoms with Gasteiger partial charge in [-0.2, -0.15) is 0 Å². The van der Waals surface area contributed by atoms with Gasteiger partial charge >= 0.3 is 0 Å². The summed E-state index contributed by atoms with van der Waals surface area (Å²) >= 11 is 0. The van der Waals surface area contributed by atoms with Crippen molar-refractivity contribution in [1.29, 1.82) is 0 Å². The Bertz CT molecular complexity index is 1870. The maximum Gasteiger partial charge on any atom is 0.260 e. The summed E-state index contributed by atoms with van der Waals surface area (Å²) in [5, 5.41) is 0. The fraction of sp³-hybridized carbons (Fsp3) is 0.410. The van der Waals surface area contributed by atoms with Crippen molar-refractivity contribution in [3.63, 3.8) is 0 Å². The highest BCUT2D eigenvalue weighted by Gasteiger charge is 2.54. The first kappa shape index (κ1) is 35.3. The fourth-order valence-corrected chi connectivity index (χ4v) is 7.40. The molecule has 4 unspecified atom stereocenters. The molecule has 0 spiro atoms. The van der Waals surface area contributed by atoms with Crippen molar-refractivity contribution in [2.75, 3.05) is 71.1 Å². The van der Waals surface area contributed by atoms with Gasteiger partial charge < -0.3 is 46.8 Å². The molecule has 0 radical (unpaired) electrons. The lowest BCUT2D eigenvalue weighted by atomic mass is 10.1. The maximum absolute atomic E-state index is 12.3. The van der Waals surface area contributed by atoms with Crippen molar-refractivity contribution in [3.05, 3.63) is 72.8 Å². The molecule has 274 valence electrons. The Morgan fingerprint density at radius 3 is 1.83 bits per heavy atom. The molecule has 8 rings (SSSR count). The monoisotopic (exact) mass is 708 g/mol. The van der Waals surface area contributed by atoms with Crippen LogP contribution in [0, 0.1) is 23.7 Å². The van der Waals surface area contributed by atoms with Gasteiger partial charge in [-0.3, -0.25) is 9.69 Å². The van der Waals surface area contributed by atoms with Crippen LogP contribution in [0.5, 0.6) is 23.0 Å². The van der Waals surface area contributed by atoms with E-state index in [9.17, 15) is 4.79 Å². The third kappa shape index (κ3) is 7.86. The van der Waals surface area contributed by atoms with E-state index < -0.39 is 0 Å². The number of carbonyl (C=O) groups excluding carboxylic acids is 1. The van der Waals surface area contributed by atoms with Crippen molar-refractivity contribution in [2.24, 2.45) is 35.1 Å². The number of pyridine rings is 2. The number of benzene rings is 2. The Morgan fingerprint density at radius 2 is 1.27 bits per heavy atom. The zero-order chi connectivity index (χ0) is 36.4. The largest absolute Gasteiger partial charge is 0.496 e. The average molecular weight is 709 g/mol. The maximum atomic E-state index is 12.3. The molecule has 0 bridgehead atoms. The summed E-state index contributed by atoms with van der Waals surface area (Å²) in [6.07, 6.45) is 0. The van der Waals surface area contributed by atoms with Gasteiger partial charge in [0.25, 0.3) is 5.91 Å². The van der Waals surface area contributed by atoms with Gasteiger partial charge in [0.2, 0.25) is 0 Å². The van der Waals surface area contributed by atoms with Crippen LogP contribution in [0.1, 0.15) is 6.92 Å². The summed E-state index contributed by atoms with van der Waals surface area (Å²) in [4.78, 5) is 25.2. The topological polar surface area (TPSA) is 190 Å². The molecule has 2 saturated carbocycles. The summed E-state index contributed by atoms with van der Waals surface area (Å²) in [6, 6.07) is 23.0. The number of carbonyl (C=O) groups is 1. The quantitative estimate of drug-likeness (QED) is 0.169. The normalized spacial score (nSPS) is 23.9. The highest BCUT2D eigenvalue weighted by atomic mass is 16.5. The predicted molar refractivity (Wildman–Crippen MR) is 200 cm³/mol. The number of hydrogen-bond donors (Lipinski definition) is 4. The van der Waals surface area contributed by atoms with Crippen LogP contribution in [0.25, 0.3) is 22.5 Å². The van der Waals surface area contributed by atoms with Crippen LogP contribution in [0.15, 0.2) is 72.8 Å². The number of amides is 1. The number of piperidine rings is 2. The van der Waals surface area contributed by atoms with E-state index in [4.69, 9.17) is 41.9 Å². The van der Waals surface area contributed by atoms with Crippen molar-refractivity contribution in [2.45, 2.75) is 19.0 Å². The number of ether oxygens (including phenoxy) is 4. The van der Waals surface area contributed by atoms with Gasteiger partial charge in [-0.05, 0) is 79.1 Å². The lowest BCUT2D eigenvalue weighted by Gasteiger charge is -2.19. The zero-order valence-electron chi connectivity index (χ0n) is 29.7. The zero-order valence-corrected chi connectivity index (χ0v) is 29.7. The molecule has 4 atom stereocenters. The first-order valence-corrected chi connectivity index (χ1v) is 17.9. The molecule has 4 fully saturated rings. The summed E-state index contributed by atoms with van der Waals surface area (Å²) in [5.41, 5.74) is 26.7. The highest BCUT2D eigenvalue weighted by Crippen LogP contribution is 2.44. The van der Waals surface area contributed by atoms with Crippen molar-refractivity contribution < 1.29 is 23.7 Å². The Kier molecular flexibility index (Phi) is 10.3. The average Bonchev–Trinajstić information content (AvgIpc) is 3.70. The number of nitrogens with zero attached hydrogens (tertiary/aromatic N) is 4. The molecule has 13 heteroatoms. The fourth-order valence-electron chi connectivity index (χ4n) is 7.40. The third-order valence-corrected chi connectivity index (χ3v) is 10.5. The number of fused-ring (bicyclic) bond motifs is 2. The summed E-state index contributed by atoms with van der Waals surface area (Å²) < 4.78 is 22.9. The first-order chi connectivity index (χ1) is 25.2. The molecule has 2 saturated heterocycles. The van der Waals surface area contributed by atoms with E-state index in [1.165, 1.54) is 0 Å². The second-order valence-corrected chi connectivity index (χ2v) is 13.9. The van der Waals surface area contributed by atoms with Crippen molar-refractivity contribution >= 4 is 17.5 Å². The predicted octanol–water partition coefficient (Wildman–Crippen LogP) is 3.13. The minimum Gasteiger partial charge on any atom is -0.496 e. The van der Waals surface area contributed by atoms with E-state index in [1.807, 2.05) is 60.4 Å². The number of hydrogen-bond acceptors (Lipinski definition) is 12. The van der Waals surface area contributed by atoms with E-state index in [0.717, 1.165) is 66.7 Å². The summed E-state index contributed by atoms with van der Waals surface area (Å²) in [5.74, 6) is 6.06.